The lowest BCUT2D eigenvalue weighted by molar-refractivity contribution is 0.0588. The molecule has 0 N–H and O–H groups in total. The second-order valence-electron chi connectivity index (χ2n) is 8.06. The summed E-state index contributed by atoms with van der Waals surface area (Å²) in [6.07, 6.45) is 4.20. The first kappa shape index (κ1) is 17.3. The van der Waals surface area contributed by atoms with Gasteiger partial charge >= 0.3 is 0 Å². The van der Waals surface area contributed by atoms with Crippen molar-refractivity contribution >= 4 is 17.5 Å². The Morgan fingerprint density at radius 3 is 2.71 bits per heavy atom. The quantitative estimate of drug-likeness (QED) is 0.768. The molecule has 1 saturated heterocycles. The molecule has 2 aromatic rings. The number of carbonyl (C=O) groups excluding carboxylic acids is 2. The Morgan fingerprint density at radius 1 is 1.04 bits per heavy atom. The molecule has 2 amide bonds. The van der Waals surface area contributed by atoms with E-state index in [1.807, 2.05) is 41.1 Å². The molecular formula is C23H25N3O2. The molecule has 28 heavy (non-hydrogen) atoms. The molecule has 3 heterocycles. The summed E-state index contributed by atoms with van der Waals surface area (Å²) in [5, 5.41) is 0. The van der Waals surface area contributed by atoms with Gasteiger partial charge < -0.3 is 14.7 Å². The lowest BCUT2D eigenvalue weighted by atomic mass is 9.96. The average Bonchev–Trinajstić information content (AvgIpc) is 2.76. The molecule has 5 heteroatoms. The fourth-order valence-electron chi connectivity index (χ4n) is 4.86. The number of anilines is 1. The molecule has 144 valence electrons. The zero-order valence-corrected chi connectivity index (χ0v) is 16.2. The van der Waals surface area contributed by atoms with Crippen LogP contribution in [0, 0.1) is 0 Å². The lowest BCUT2D eigenvalue weighted by Crippen LogP contribution is -2.55. The van der Waals surface area contributed by atoms with Crippen molar-refractivity contribution in [3.8, 4) is 0 Å². The van der Waals surface area contributed by atoms with Crippen molar-refractivity contribution in [2.75, 3.05) is 25.0 Å². The zero-order chi connectivity index (χ0) is 19.3. The van der Waals surface area contributed by atoms with Crippen molar-refractivity contribution in [2.45, 2.75) is 38.4 Å². The van der Waals surface area contributed by atoms with Gasteiger partial charge in [0, 0.05) is 32.2 Å². The highest BCUT2D eigenvalue weighted by Gasteiger charge is 2.37. The number of rotatable bonds is 1. The summed E-state index contributed by atoms with van der Waals surface area (Å²) < 4.78 is 0. The summed E-state index contributed by atoms with van der Waals surface area (Å²) in [5.41, 5.74) is 4.82. The fraction of sp³-hybridized carbons (Fsp3) is 0.391. The first-order valence-corrected chi connectivity index (χ1v) is 10.2. The van der Waals surface area contributed by atoms with Crippen molar-refractivity contribution < 1.29 is 9.59 Å². The summed E-state index contributed by atoms with van der Waals surface area (Å²) in [6, 6.07) is 13.9. The van der Waals surface area contributed by atoms with Gasteiger partial charge in [-0.25, -0.2) is 0 Å². The number of nitrogens with zero attached hydrogens (tertiary/aromatic N) is 3. The predicted molar refractivity (Wildman–Crippen MR) is 108 cm³/mol. The van der Waals surface area contributed by atoms with Crippen LogP contribution >= 0.6 is 0 Å². The van der Waals surface area contributed by atoms with Crippen LogP contribution in [0.25, 0.3) is 0 Å². The van der Waals surface area contributed by atoms with Crippen LogP contribution in [0.5, 0.6) is 0 Å². The summed E-state index contributed by atoms with van der Waals surface area (Å²) in [4.78, 5) is 32.2. The van der Waals surface area contributed by atoms with E-state index in [-0.39, 0.29) is 18.0 Å². The molecule has 1 atom stereocenters. The molecule has 5 nitrogen and oxygen atoms in total. The third-order valence-electron chi connectivity index (χ3n) is 6.45. The molecule has 0 unspecified atom stereocenters. The van der Waals surface area contributed by atoms with Crippen molar-refractivity contribution in [1.82, 2.24) is 9.80 Å². The largest absolute Gasteiger partial charge is 0.354 e. The van der Waals surface area contributed by atoms with E-state index in [9.17, 15) is 9.59 Å². The Kier molecular flexibility index (Phi) is 4.11. The molecule has 3 aliphatic rings. The van der Waals surface area contributed by atoms with E-state index in [2.05, 4.69) is 23.1 Å². The smallest absolute Gasteiger partial charge is 0.257 e. The highest BCUT2D eigenvalue weighted by atomic mass is 16.2. The van der Waals surface area contributed by atoms with Gasteiger partial charge in [-0.15, -0.1) is 0 Å². The molecule has 0 aromatic heterocycles. The van der Waals surface area contributed by atoms with Gasteiger partial charge in [0.25, 0.3) is 11.8 Å². The van der Waals surface area contributed by atoms with Crippen molar-refractivity contribution in [3.63, 3.8) is 0 Å². The van der Waals surface area contributed by atoms with Gasteiger partial charge in [-0.05, 0) is 55.0 Å². The van der Waals surface area contributed by atoms with Gasteiger partial charge in [-0.2, -0.15) is 0 Å². The number of carbonyl (C=O) groups is 2. The molecule has 1 fully saturated rings. The molecule has 0 aliphatic carbocycles. The minimum Gasteiger partial charge on any atom is -0.354 e. The minimum atomic E-state index is 0.0456. The van der Waals surface area contributed by atoms with Crippen LogP contribution in [0.15, 0.2) is 42.5 Å². The fourth-order valence-corrected chi connectivity index (χ4v) is 4.86. The predicted octanol–water partition coefficient (Wildman–Crippen LogP) is 3.29. The van der Waals surface area contributed by atoms with Crippen molar-refractivity contribution in [1.29, 1.82) is 0 Å². The third-order valence-corrected chi connectivity index (χ3v) is 6.45. The molecule has 0 radical (unpaired) electrons. The van der Waals surface area contributed by atoms with Crippen LogP contribution in [-0.2, 0) is 13.0 Å². The zero-order valence-electron chi connectivity index (χ0n) is 16.2. The summed E-state index contributed by atoms with van der Waals surface area (Å²) in [6.45, 7) is 2.20. The highest BCUT2D eigenvalue weighted by molar-refractivity contribution is 6.04. The van der Waals surface area contributed by atoms with Crippen LogP contribution in [0.1, 0.15) is 51.1 Å². The first-order valence-electron chi connectivity index (χ1n) is 10.2. The minimum absolute atomic E-state index is 0.0456. The molecule has 5 rings (SSSR count). The van der Waals surface area contributed by atoms with Gasteiger partial charge in [-0.1, -0.05) is 24.3 Å². The van der Waals surface area contributed by atoms with Crippen molar-refractivity contribution in [3.05, 3.63) is 64.7 Å². The number of hydrogen-bond donors (Lipinski definition) is 0. The number of amides is 2. The Hall–Kier alpha value is -2.82. The Balaban J connectivity index is 1.44. The van der Waals surface area contributed by atoms with E-state index in [1.54, 1.807) is 0 Å². The molecule has 0 spiro atoms. The number of benzene rings is 2. The van der Waals surface area contributed by atoms with Crippen LogP contribution in [0.3, 0.4) is 0 Å². The highest BCUT2D eigenvalue weighted by Crippen LogP contribution is 2.35. The Labute approximate surface area is 165 Å². The van der Waals surface area contributed by atoms with Crippen LogP contribution in [0.4, 0.5) is 5.69 Å². The lowest BCUT2D eigenvalue weighted by Gasteiger charge is -2.46. The Bertz CT molecular complexity index is 955. The third kappa shape index (κ3) is 2.68. The SMILES string of the molecule is CN1c2cc(C(=O)N3CCc4ccccc4C3)ccc2C(=O)N2CCCC[C@H]21. The van der Waals surface area contributed by atoms with E-state index in [0.29, 0.717) is 17.7 Å². The number of hydrogen-bond acceptors (Lipinski definition) is 3. The maximum atomic E-state index is 13.2. The van der Waals surface area contributed by atoms with E-state index in [0.717, 1.165) is 44.5 Å². The van der Waals surface area contributed by atoms with E-state index >= 15 is 0 Å². The molecule has 2 aromatic carbocycles. The number of piperidine rings is 1. The van der Waals surface area contributed by atoms with Gasteiger partial charge in [0.15, 0.2) is 0 Å². The van der Waals surface area contributed by atoms with Crippen molar-refractivity contribution in [2.24, 2.45) is 0 Å². The molecule has 0 saturated carbocycles. The van der Waals surface area contributed by atoms with Gasteiger partial charge in [0.1, 0.15) is 6.17 Å². The second-order valence-corrected chi connectivity index (χ2v) is 8.06. The molecule has 3 aliphatic heterocycles. The van der Waals surface area contributed by atoms with Gasteiger partial charge in [-0.3, -0.25) is 9.59 Å². The standard InChI is InChI=1S/C23H25N3O2/c1-24-20-14-17(9-10-19(20)23(28)26-12-5-4-8-21(24)26)22(27)25-13-11-16-6-2-3-7-18(16)15-25/h2-3,6-7,9-10,14,21H,4-5,8,11-13,15H2,1H3/t21-/m0/s1. The molecular weight excluding hydrogens is 350 g/mol. The summed E-state index contributed by atoms with van der Waals surface area (Å²) >= 11 is 0. The van der Waals surface area contributed by atoms with Gasteiger partial charge in [0.05, 0.1) is 11.3 Å². The van der Waals surface area contributed by atoms with E-state index in [4.69, 9.17) is 0 Å². The van der Waals surface area contributed by atoms with Gasteiger partial charge in [0.2, 0.25) is 0 Å². The monoisotopic (exact) mass is 375 g/mol. The average molecular weight is 375 g/mol. The van der Waals surface area contributed by atoms with Crippen LogP contribution in [-0.4, -0.2) is 47.9 Å². The number of fused-ring (bicyclic) bond motifs is 3. The topological polar surface area (TPSA) is 43.9 Å². The Morgan fingerprint density at radius 2 is 1.86 bits per heavy atom. The second kappa shape index (κ2) is 6.66. The molecule has 0 bridgehead atoms. The normalized spacial score (nSPS) is 21.1. The maximum Gasteiger partial charge on any atom is 0.257 e. The maximum absolute atomic E-state index is 13.2. The van der Waals surface area contributed by atoms with E-state index in [1.165, 1.54) is 11.1 Å². The summed E-state index contributed by atoms with van der Waals surface area (Å²) in [7, 11) is 2.04. The van der Waals surface area contributed by atoms with Crippen LogP contribution in [0.2, 0.25) is 0 Å². The van der Waals surface area contributed by atoms with Crippen LogP contribution < -0.4 is 4.90 Å². The summed E-state index contributed by atoms with van der Waals surface area (Å²) in [5.74, 6) is 0.146. The first-order chi connectivity index (χ1) is 13.6. The van der Waals surface area contributed by atoms with E-state index < -0.39 is 0 Å².